The lowest BCUT2D eigenvalue weighted by atomic mass is 9.97. The van der Waals surface area contributed by atoms with Gasteiger partial charge in [-0.05, 0) is 36.6 Å². The van der Waals surface area contributed by atoms with Gasteiger partial charge in [0.15, 0.2) is 11.5 Å². The summed E-state index contributed by atoms with van der Waals surface area (Å²) in [6, 6.07) is 13.1. The van der Waals surface area contributed by atoms with E-state index in [1.54, 1.807) is 46.8 Å². The highest BCUT2D eigenvalue weighted by Gasteiger charge is 2.26. The smallest absolute Gasteiger partial charge is 0.229 e. The molecule has 1 atom stereocenters. The van der Waals surface area contributed by atoms with Crippen molar-refractivity contribution in [2.45, 2.75) is 19.4 Å². The first-order valence-corrected chi connectivity index (χ1v) is 12.1. The highest BCUT2D eigenvalue weighted by molar-refractivity contribution is 5.79. The van der Waals surface area contributed by atoms with Crippen LogP contribution in [0.2, 0.25) is 0 Å². The second kappa shape index (κ2) is 12.2. The zero-order chi connectivity index (χ0) is 26.2. The molecule has 1 fully saturated rings. The number of hydrogen-bond donors (Lipinski definition) is 2. The van der Waals surface area contributed by atoms with Crippen LogP contribution in [0.1, 0.15) is 18.4 Å². The Morgan fingerprint density at radius 3 is 2.38 bits per heavy atom. The van der Waals surface area contributed by atoms with Crippen molar-refractivity contribution in [3.63, 3.8) is 0 Å². The molecule has 1 amide bonds. The van der Waals surface area contributed by atoms with Crippen LogP contribution >= 0.6 is 0 Å². The second-order valence-corrected chi connectivity index (χ2v) is 8.63. The third-order valence-electron chi connectivity index (χ3n) is 6.30. The van der Waals surface area contributed by atoms with Crippen molar-refractivity contribution in [2.75, 3.05) is 51.7 Å². The predicted molar refractivity (Wildman–Crippen MR) is 141 cm³/mol. The van der Waals surface area contributed by atoms with Gasteiger partial charge in [0.25, 0.3) is 0 Å². The van der Waals surface area contributed by atoms with Crippen molar-refractivity contribution in [3.05, 3.63) is 54.2 Å². The number of hydrogen-bond acceptors (Lipinski definition) is 9. The number of methoxy groups -OCH3 is 4. The summed E-state index contributed by atoms with van der Waals surface area (Å²) in [5.74, 6) is 3.48. The maximum absolute atomic E-state index is 12.9. The Balaban J connectivity index is 1.41. The molecule has 1 saturated heterocycles. The Kier molecular flexibility index (Phi) is 8.50. The molecule has 37 heavy (non-hydrogen) atoms. The van der Waals surface area contributed by atoms with Crippen LogP contribution in [0.3, 0.4) is 0 Å². The van der Waals surface area contributed by atoms with Gasteiger partial charge in [-0.2, -0.15) is 4.98 Å². The van der Waals surface area contributed by atoms with E-state index in [4.69, 9.17) is 23.9 Å². The lowest BCUT2D eigenvalue weighted by molar-refractivity contribution is -0.125. The molecular weight excluding hydrogens is 474 g/mol. The predicted octanol–water partition coefficient (Wildman–Crippen LogP) is 3.79. The average Bonchev–Trinajstić information content (AvgIpc) is 2.95. The van der Waals surface area contributed by atoms with Crippen LogP contribution in [0.15, 0.2) is 48.7 Å². The summed E-state index contributed by atoms with van der Waals surface area (Å²) in [4.78, 5) is 24.1. The third kappa shape index (κ3) is 6.32. The summed E-state index contributed by atoms with van der Waals surface area (Å²) < 4.78 is 21.4. The quantitative estimate of drug-likeness (QED) is 0.424. The van der Waals surface area contributed by atoms with E-state index in [2.05, 4.69) is 20.5 Å². The normalized spacial score (nSPS) is 15.0. The first kappa shape index (κ1) is 25.9. The highest BCUT2D eigenvalue weighted by atomic mass is 16.5. The summed E-state index contributed by atoms with van der Waals surface area (Å²) in [6.07, 6.45) is 3.45. The molecule has 10 heteroatoms. The zero-order valence-electron chi connectivity index (χ0n) is 21.6. The fraction of sp³-hybridized carbons (Fsp3) is 0.370. The van der Waals surface area contributed by atoms with Gasteiger partial charge in [0, 0.05) is 43.7 Å². The van der Waals surface area contributed by atoms with Crippen LogP contribution < -0.4 is 34.5 Å². The van der Waals surface area contributed by atoms with Crippen molar-refractivity contribution in [3.8, 4) is 23.0 Å². The number of carbonyl (C=O) groups is 1. The zero-order valence-corrected chi connectivity index (χ0v) is 21.6. The largest absolute Gasteiger partial charge is 0.497 e. The Morgan fingerprint density at radius 2 is 1.73 bits per heavy atom. The molecule has 2 N–H and O–H groups in total. The lowest BCUT2D eigenvalue weighted by Crippen LogP contribution is -2.43. The van der Waals surface area contributed by atoms with E-state index in [0.717, 1.165) is 36.5 Å². The number of amides is 1. The number of carbonyl (C=O) groups excluding carboxylic acids is 1. The molecule has 1 aliphatic heterocycles. The van der Waals surface area contributed by atoms with Crippen molar-refractivity contribution in [1.29, 1.82) is 0 Å². The van der Waals surface area contributed by atoms with Crippen LogP contribution in [0.4, 0.5) is 17.5 Å². The summed E-state index contributed by atoms with van der Waals surface area (Å²) in [5, 5.41) is 6.28. The van der Waals surface area contributed by atoms with Gasteiger partial charge < -0.3 is 34.5 Å². The molecule has 2 heterocycles. The maximum Gasteiger partial charge on any atom is 0.229 e. The molecule has 0 spiro atoms. The minimum absolute atomic E-state index is 0.0466. The van der Waals surface area contributed by atoms with E-state index < -0.39 is 0 Å². The monoisotopic (exact) mass is 507 g/mol. The Morgan fingerprint density at radius 1 is 1.00 bits per heavy atom. The molecule has 2 aromatic carbocycles. The van der Waals surface area contributed by atoms with Crippen molar-refractivity contribution in [1.82, 2.24) is 15.3 Å². The average molecular weight is 508 g/mol. The van der Waals surface area contributed by atoms with Crippen molar-refractivity contribution in [2.24, 2.45) is 5.92 Å². The van der Waals surface area contributed by atoms with Crippen molar-refractivity contribution < 1.29 is 23.7 Å². The van der Waals surface area contributed by atoms with Crippen LogP contribution in [0.25, 0.3) is 0 Å². The first-order chi connectivity index (χ1) is 18.0. The summed E-state index contributed by atoms with van der Waals surface area (Å²) in [7, 11) is 6.33. The summed E-state index contributed by atoms with van der Waals surface area (Å²) in [5.41, 5.74) is 1.72. The van der Waals surface area contributed by atoms with E-state index in [-0.39, 0.29) is 11.8 Å². The van der Waals surface area contributed by atoms with E-state index in [1.807, 2.05) is 30.3 Å². The lowest BCUT2D eigenvalue weighted by Gasteiger charge is -2.33. The molecule has 0 radical (unpaired) electrons. The van der Waals surface area contributed by atoms with Gasteiger partial charge in [-0.15, -0.1) is 0 Å². The highest BCUT2D eigenvalue weighted by Crippen LogP contribution is 2.40. The van der Waals surface area contributed by atoms with Crippen LogP contribution in [-0.4, -0.2) is 57.4 Å². The molecule has 0 aliphatic carbocycles. The van der Waals surface area contributed by atoms with Gasteiger partial charge >= 0.3 is 0 Å². The van der Waals surface area contributed by atoms with E-state index in [1.165, 1.54) is 0 Å². The molecule has 0 bridgehead atoms. The molecule has 1 unspecified atom stereocenters. The van der Waals surface area contributed by atoms with Gasteiger partial charge in [-0.25, -0.2) is 4.98 Å². The van der Waals surface area contributed by atoms with Crippen LogP contribution in [0.5, 0.6) is 23.0 Å². The number of nitrogens with zero attached hydrogens (tertiary/aromatic N) is 3. The molecular formula is C27H33N5O5. The summed E-state index contributed by atoms with van der Waals surface area (Å²) >= 11 is 0. The van der Waals surface area contributed by atoms with E-state index in [9.17, 15) is 4.79 Å². The van der Waals surface area contributed by atoms with Gasteiger partial charge in [0.05, 0.1) is 34.4 Å². The van der Waals surface area contributed by atoms with E-state index in [0.29, 0.717) is 42.0 Å². The fourth-order valence-corrected chi connectivity index (χ4v) is 4.34. The standard InChI is InChI=1S/C27H33N5O5/c1-34-21-9-7-18(8-10-21)16-29-26(33)19-6-5-13-32(17-19)24-11-12-28-27(31-24)30-20-14-22(35-2)25(37-4)23(15-20)36-3/h7-12,14-15,19H,5-6,13,16-17H2,1-4H3,(H,29,33)(H,28,30,31). The third-order valence-corrected chi connectivity index (χ3v) is 6.30. The molecule has 0 saturated carbocycles. The number of benzene rings is 2. The van der Waals surface area contributed by atoms with Gasteiger partial charge in [-0.3, -0.25) is 4.79 Å². The fourth-order valence-electron chi connectivity index (χ4n) is 4.34. The SMILES string of the molecule is COc1ccc(CNC(=O)C2CCCN(c3ccnc(Nc4cc(OC)c(OC)c(OC)c4)n3)C2)cc1. The van der Waals surface area contributed by atoms with Gasteiger partial charge in [0.1, 0.15) is 11.6 Å². The Bertz CT molecular complexity index is 1180. The maximum atomic E-state index is 12.9. The minimum atomic E-state index is -0.117. The number of piperidine rings is 1. The molecule has 1 aromatic heterocycles. The number of rotatable bonds is 10. The first-order valence-electron chi connectivity index (χ1n) is 12.1. The molecule has 4 rings (SSSR count). The van der Waals surface area contributed by atoms with Crippen LogP contribution in [0, 0.1) is 5.92 Å². The van der Waals surface area contributed by atoms with Gasteiger partial charge in [0.2, 0.25) is 17.6 Å². The minimum Gasteiger partial charge on any atom is -0.497 e. The Labute approximate surface area is 216 Å². The second-order valence-electron chi connectivity index (χ2n) is 8.63. The number of nitrogens with one attached hydrogen (secondary N) is 2. The van der Waals surface area contributed by atoms with E-state index >= 15 is 0 Å². The number of anilines is 3. The molecule has 3 aromatic rings. The van der Waals surface area contributed by atoms with Crippen LogP contribution in [-0.2, 0) is 11.3 Å². The number of aromatic nitrogens is 2. The topological polar surface area (TPSA) is 107 Å². The Hall–Kier alpha value is -4.21. The van der Waals surface area contributed by atoms with Crippen molar-refractivity contribution >= 4 is 23.4 Å². The molecule has 1 aliphatic rings. The molecule has 196 valence electrons. The van der Waals surface area contributed by atoms with Gasteiger partial charge in [-0.1, -0.05) is 12.1 Å². The summed E-state index contributed by atoms with van der Waals surface area (Å²) in [6.45, 7) is 1.90. The molecule has 10 nitrogen and oxygen atoms in total. The number of ether oxygens (including phenoxy) is 4.